The van der Waals surface area contributed by atoms with Gasteiger partial charge in [0.1, 0.15) is 5.82 Å². The van der Waals surface area contributed by atoms with E-state index in [0.717, 1.165) is 34.5 Å². The lowest BCUT2D eigenvalue weighted by molar-refractivity contribution is -0.117. The Morgan fingerprint density at radius 1 is 0.968 bits per heavy atom. The van der Waals surface area contributed by atoms with E-state index in [4.69, 9.17) is 4.98 Å². The number of carbonyl (C=O) groups excluding carboxylic acids is 1. The second-order valence-electron chi connectivity index (χ2n) is 8.59. The summed E-state index contributed by atoms with van der Waals surface area (Å²) in [5, 5.41) is 0. The summed E-state index contributed by atoms with van der Waals surface area (Å²) in [5.74, 6) is 1.36. The Hall–Kier alpha value is -2.14. The van der Waals surface area contributed by atoms with Crippen LogP contribution in [-0.2, 0) is 11.3 Å². The number of aryl methyl sites for hydroxylation is 1. The van der Waals surface area contributed by atoms with E-state index in [1.165, 1.54) is 44.0 Å². The fourth-order valence-electron chi connectivity index (χ4n) is 4.65. The summed E-state index contributed by atoms with van der Waals surface area (Å²) < 4.78 is 3.34. The molecule has 1 amide bonds. The van der Waals surface area contributed by atoms with Crippen molar-refractivity contribution in [2.45, 2.75) is 70.8 Å². The van der Waals surface area contributed by atoms with Crippen molar-refractivity contribution in [3.05, 3.63) is 58.8 Å². The van der Waals surface area contributed by atoms with Crippen LogP contribution in [0.5, 0.6) is 0 Å². The Morgan fingerprint density at radius 2 is 1.68 bits per heavy atom. The van der Waals surface area contributed by atoms with Crippen molar-refractivity contribution < 1.29 is 4.79 Å². The van der Waals surface area contributed by atoms with Crippen LogP contribution >= 0.6 is 15.9 Å². The molecular formula is C26H32BrN3O. The molecule has 4 rings (SSSR count). The number of imidazole rings is 1. The van der Waals surface area contributed by atoms with Crippen molar-refractivity contribution in [3.8, 4) is 0 Å². The summed E-state index contributed by atoms with van der Waals surface area (Å²) in [4.78, 5) is 19.8. The van der Waals surface area contributed by atoms with Crippen molar-refractivity contribution in [3.63, 3.8) is 0 Å². The van der Waals surface area contributed by atoms with E-state index < -0.39 is 0 Å². The number of para-hydroxylation sites is 3. The van der Waals surface area contributed by atoms with Gasteiger partial charge in [0.05, 0.1) is 16.7 Å². The van der Waals surface area contributed by atoms with Crippen LogP contribution in [0.25, 0.3) is 11.0 Å². The third kappa shape index (κ3) is 5.03. The van der Waals surface area contributed by atoms with Crippen LogP contribution in [0, 0.1) is 0 Å². The van der Waals surface area contributed by atoms with Crippen molar-refractivity contribution in [1.29, 1.82) is 0 Å². The van der Waals surface area contributed by atoms with Crippen LogP contribution in [0.3, 0.4) is 0 Å². The fourth-order valence-corrected chi connectivity index (χ4v) is 5.15. The number of fused-ring (bicyclic) bond motifs is 1. The average molecular weight is 482 g/mol. The molecule has 1 fully saturated rings. The second-order valence-corrected chi connectivity index (χ2v) is 9.44. The number of halogens is 1. The van der Waals surface area contributed by atoms with E-state index in [0.29, 0.717) is 13.0 Å². The van der Waals surface area contributed by atoms with Crippen molar-refractivity contribution in [1.82, 2.24) is 9.55 Å². The second kappa shape index (κ2) is 10.4. The number of nitrogens with zero attached hydrogens (tertiary/aromatic N) is 3. The van der Waals surface area contributed by atoms with Gasteiger partial charge in [-0.1, -0.05) is 69.7 Å². The third-order valence-electron chi connectivity index (χ3n) is 6.30. The zero-order valence-electron chi connectivity index (χ0n) is 18.4. The normalized spacial score (nSPS) is 16.5. The van der Waals surface area contributed by atoms with E-state index in [-0.39, 0.29) is 11.8 Å². The van der Waals surface area contributed by atoms with E-state index in [1.54, 1.807) is 0 Å². The third-order valence-corrected chi connectivity index (χ3v) is 6.97. The molecule has 0 N–H and O–H groups in total. The molecule has 2 heterocycles. The molecule has 0 radical (unpaired) electrons. The van der Waals surface area contributed by atoms with Crippen molar-refractivity contribution in [2.24, 2.45) is 0 Å². The molecule has 1 aliphatic rings. The predicted molar refractivity (Wildman–Crippen MR) is 132 cm³/mol. The van der Waals surface area contributed by atoms with Gasteiger partial charge in [0, 0.05) is 29.9 Å². The molecule has 1 aliphatic heterocycles. The molecule has 1 saturated heterocycles. The highest BCUT2D eigenvalue weighted by Crippen LogP contribution is 2.36. The maximum Gasteiger partial charge on any atom is 0.227 e. The predicted octanol–water partition coefficient (Wildman–Crippen LogP) is 7.07. The standard InChI is InChI=1S/C26H32BrN3O/c1-2-3-4-5-6-7-12-17-29-24-16-11-9-14-22(24)28-26(29)20-18-25(31)30(19-20)23-15-10-8-13-21(23)27/h8-11,13-16,20H,2-7,12,17-19H2,1H3. The first-order valence-corrected chi connectivity index (χ1v) is 12.5. The molecule has 4 nitrogen and oxygen atoms in total. The lowest BCUT2D eigenvalue weighted by atomic mass is 10.1. The summed E-state index contributed by atoms with van der Waals surface area (Å²) in [7, 11) is 0. The van der Waals surface area contributed by atoms with Gasteiger partial charge >= 0.3 is 0 Å². The van der Waals surface area contributed by atoms with Gasteiger partial charge in [-0.2, -0.15) is 0 Å². The minimum atomic E-state index is 0.122. The minimum absolute atomic E-state index is 0.122. The first-order chi connectivity index (χ1) is 15.2. The first-order valence-electron chi connectivity index (χ1n) is 11.7. The van der Waals surface area contributed by atoms with Gasteiger partial charge in [-0.15, -0.1) is 0 Å². The molecule has 1 aromatic heterocycles. The molecule has 0 saturated carbocycles. The van der Waals surface area contributed by atoms with E-state index in [9.17, 15) is 4.79 Å². The minimum Gasteiger partial charge on any atom is -0.328 e. The zero-order valence-corrected chi connectivity index (χ0v) is 20.0. The number of carbonyl (C=O) groups is 1. The van der Waals surface area contributed by atoms with Gasteiger partial charge in [0.2, 0.25) is 5.91 Å². The number of anilines is 1. The monoisotopic (exact) mass is 481 g/mol. The zero-order chi connectivity index (χ0) is 21.6. The Balaban J connectivity index is 1.50. The Labute approximate surface area is 193 Å². The summed E-state index contributed by atoms with van der Waals surface area (Å²) >= 11 is 3.60. The topological polar surface area (TPSA) is 38.1 Å². The average Bonchev–Trinajstić information content (AvgIpc) is 3.34. The Morgan fingerprint density at radius 3 is 2.48 bits per heavy atom. The van der Waals surface area contributed by atoms with Gasteiger partial charge < -0.3 is 9.47 Å². The number of hydrogen-bond donors (Lipinski definition) is 0. The van der Waals surface area contributed by atoms with Crippen LogP contribution in [0.4, 0.5) is 5.69 Å². The summed E-state index contributed by atoms with van der Waals surface area (Å²) in [6.07, 6.45) is 9.56. The molecule has 0 bridgehead atoms. The Kier molecular flexibility index (Phi) is 7.44. The maximum atomic E-state index is 12.9. The first kappa shape index (κ1) is 22.1. The summed E-state index contributed by atoms with van der Waals surface area (Å²) in [5.41, 5.74) is 3.17. The lowest BCUT2D eigenvalue weighted by Gasteiger charge is -2.18. The SMILES string of the molecule is CCCCCCCCCn1c(C2CC(=O)N(c3ccccc3Br)C2)nc2ccccc21. The molecule has 164 valence electrons. The van der Waals surface area contributed by atoms with Crippen molar-refractivity contribution >= 4 is 38.6 Å². The number of benzene rings is 2. The van der Waals surface area contributed by atoms with Crippen molar-refractivity contribution in [2.75, 3.05) is 11.4 Å². The molecular weight excluding hydrogens is 450 g/mol. The number of aromatic nitrogens is 2. The molecule has 0 aliphatic carbocycles. The van der Waals surface area contributed by atoms with Gasteiger partial charge in [-0.25, -0.2) is 4.98 Å². The van der Waals surface area contributed by atoms with Crippen LogP contribution in [-0.4, -0.2) is 22.0 Å². The van der Waals surface area contributed by atoms with Crippen LogP contribution in [0.2, 0.25) is 0 Å². The summed E-state index contributed by atoms with van der Waals surface area (Å²) in [6.45, 7) is 3.92. The van der Waals surface area contributed by atoms with E-state index in [1.807, 2.05) is 35.2 Å². The maximum absolute atomic E-state index is 12.9. The van der Waals surface area contributed by atoms with Crippen LogP contribution in [0.15, 0.2) is 53.0 Å². The lowest BCUT2D eigenvalue weighted by Crippen LogP contribution is -2.25. The molecule has 5 heteroatoms. The molecule has 31 heavy (non-hydrogen) atoms. The molecule has 1 atom stereocenters. The quantitative estimate of drug-likeness (QED) is 0.290. The van der Waals surface area contributed by atoms with E-state index in [2.05, 4.69) is 45.6 Å². The number of rotatable bonds is 10. The largest absolute Gasteiger partial charge is 0.328 e. The van der Waals surface area contributed by atoms with Gasteiger partial charge in [-0.3, -0.25) is 4.79 Å². The Bertz CT molecular complexity index is 1030. The number of unbranched alkanes of at least 4 members (excludes halogenated alkanes) is 6. The molecule has 3 aromatic rings. The number of hydrogen-bond acceptors (Lipinski definition) is 2. The van der Waals surface area contributed by atoms with E-state index >= 15 is 0 Å². The van der Waals surface area contributed by atoms with Gasteiger partial charge in [0.25, 0.3) is 0 Å². The van der Waals surface area contributed by atoms with Crippen LogP contribution < -0.4 is 4.90 Å². The number of amides is 1. The fraction of sp³-hybridized carbons (Fsp3) is 0.462. The highest BCUT2D eigenvalue weighted by Gasteiger charge is 2.35. The molecule has 1 unspecified atom stereocenters. The smallest absolute Gasteiger partial charge is 0.227 e. The molecule has 0 spiro atoms. The van der Waals surface area contributed by atoms with Gasteiger partial charge in [-0.05, 0) is 46.6 Å². The highest BCUT2D eigenvalue weighted by atomic mass is 79.9. The summed E-state index contributed by atoms with van der Waals surface area (Å²) in [6, 6.07) is 16.3. The van der Waals surface area contributed by atoms with Gasteiger partial charge in [0.15, 0.2) is 0 Å². The molecule has 2 aromatic carbocycles. The highest BCUT2D eigenvalue weighted by molar-refractivity contribution is 9.10. The van der Waals surface area contributed by atoms with Crippen LogP contribution in [0.1, 0.15) is 70.0 Å².